The molecule has 0 bridgehead atoms. The number of benzene rings is 1. The van der Waals surface area contributed by atoms with Crippen LogP contribution in [0.25, 0.3) is 15.2 Å². The van der Waals surface area contributed by atoms with E-state index in [2.05, 4.69) is 10.2 Å². The highest BCUT2D eigenvalue weighted by Gasteiger charge is 2.16. The number of ketones is 1. The number of aromatic nitrogens is 3. The predicted molar refractivity (Wildman–Crippen MR) is 86.6 cm³/mol. The zero-order chi connectivity index (χ0) is 15.7. The molecular weight excluding hydrogens is 318 g/mol. The monoisotopic (exact) mass is 329 g/mol. The Bertz CT molecular complexity index is 943. The van der Waals surface area contributed by atoms with Crippen LogP contribution in [0.2, 0.25) is 0 Å². The first-order valence-electron chi connectivity index (χ1n) is 6.37. The van der Waals surface area contributed by atoms with E-state index in [1.54, 1.807) is 18.3 Å². The number of Topliss-reactive ketones (excluding diaryl/α,β-unsaturated/α-hetero) is 1. The smallest absolute Gasteiger partial charge is 0.217 e. The summed E-state index contributed by atoms with van der Waals surface area (Å²) in [4.78, 5) is 12.8. The quantitative estimate of drug-likeness (QED) is 0.448. The predicted octanol–water partition coefficient (Wildman–Crippen LogP) is 2.36. The second kappa shape index (κ2) is 5.79. The Hall–Kier alpha value is -2.37. The zero-order valence-corrected chi connectivity index (χ0v) is 13.2. The third kappa shape index (κ3) is 2.45. The van der Waals surface area contributed by atoms with E-state index in [4.69, 9.17) is 11.0 Å². The molecule has 8 heteroatoms. The number of carbonyl (C=O) groups is 1. The topological polar surface area (TPSA) is 97.1 Å². The third-order valence-electron chi connectivity index (χ3n) is 3.03. The first-order valence-corrected chi connectivity index (χ1v) is 8.17. The van der Waals surface area contributed by atoms with Crippen molar-refractivity contribution in [2.75, 3.05) is 5.75 Å². The van der Waals surface area contributed by atoms with E-state index in [9.17, 15) is 4.79 Å². The fourth-order valence-corrected chi connectivity index (χ4v) is 3.86. The molecule has 2 N–H and O–H groups in total. The number of para-hydroxylation sites is 1. The normalized spacial score (nSPS) is 12.4. The van der Waals surface area contributed by atoms with Gasteiger partial charge in [-0.1, -0.05) is 35.2 Å². The van der Waals surface area contributed by atoms with Gasteiger partial charge in [0.05, 0.1) is 16.0 Å². The summed E-state index contributed by atoms with van der Waals surface area (Å²) in [6.45, 7) is 1.54. The lowest BCUT2D eigenvalue weighted by Crippen LogP contribution is -2.10. The fraction of sp³-hybridized carbons (Fsp3) is 0.143. The first-order chi connectivity index (χ1) is 10.6. The van der Waals surface area contributed by atoms with Crippen molar-refractivity contribution in [2.24, 2.45) is 5.73 Å². The molecule has 0 unspecified atom stereocenters. The molecule has 1 aromatic carbocycles. The van der Waals surface area contributed by atoms with Gasteiger partial charge in [0.2, 0.25) is 4.96 Å². The number of carbonyl (C=O) groups excluding carboxylic acids is 1. The van der Waals surface area contributed by atoms with Crippen LogP contribution in [-0.2, 0) is 4.79 Å². The minimum Gasteiger partial charge on any atom is -0.401 e. The summed E-state index contributed by atoms with van der Waals surface area (Å²) in [5.74, 6) is -0.202. The van der Waals surface area contributed by atoms with Crippen molar-refractivity contribution in [3.8, 4) is 6.07 Å². The minimum absolute atomic E-state index is 0.00318. The van der Waals surface area contributed by atoms with Crippen LogP contribution in [0.3, 0.4) is 0 Å². The molecule has 0 fully saturated rings. The Labute approximate surface area is 134 Å². The summed E-state index contributed by atoms with van der Waals surface area (Å²) >= 11 is 2.79. The second-order valence-corrected chi connectivity index (χ2v) is 6.50. The molecule has 0 saturated carbocycles. The number of thioether (sulfide) groups is 1. The Morgan fingerprint density at radius 1 is 1.45 bits per heavy atom. The van der Waals surface area contributed by atoms with Gasteiger partial charge in [0.25, 0.3) is 0 Å². The maximum absolute atomic E-state index is 12.0. The van der Waals surface area contributed by atoms with Crippen molar-refractivity contribution in [3.05, 3.63) is 35.5 Å². The van der Waals surface area contributed by atoms with Gasteiger partial charge in [0, 0.05) is 5.70 Å². The average molecular weight is 329 g/mol. The SMILES string of the molecule is C/C(N)=C(\C#N)C(=O)CSc1nnc2sc3ccccc3n12. The van der Waals surface area contributed by atoms with Crippen LogP contribution in [0.5, 0.6) is 0 Å². The maximum Gasteiger partial charge on any atom is 0.217 e. The largest absolute Gasteiger partial charge is 0.401 e. The van der Waals surface area contributed by atoms with Gasteiger partial charge in [0.15, 0.2) is 10.9 Å². The summed E-state index contributed by atoms with van der Waals surface area (Å²) in [5, 5.41) is 17.8. The summed E-state index contributed by atoms with van der Waals surface area (Å²) < 4.78 is 3.03. The van der Waals surface area contributed by atoms with Crippen LogP contribution in [0.4, 0.5) is 0 Å². The molecule has 2 aromatic heterocycles. The molecule has 0 saturated heterocycles. The molecule has 3 aromatic rings. The summed E-state index contributed by atoms with van der Waals surface area (Å²) in [6.07, 6.45) is 0. The standard InChI is InChI=1S/C14H11N5OS2/c1-8(16)9(6-15)11(20)7-21-13-17-18-14-19(13)10-4-2-3-5-12(10)22-14/h2-5H,7,16H2,1H3/b9-8-. The van der Waals surface area contributed by atoms with Gasteiger partial charge >= 0.3 is 0 Å². The van der Waals surface area contributed by atoms with E-state index in [0.29, 0.717) is 5.16 Å². The number of hydrogen-bond donors (Lipinski definition) is 1. The van der Waals surface area contributed by atoms with Crippen LogP contribution in [0, 0.1) is 11.3 Å². The van der Waals surface area contributed by atoms with Crippen molar-refractivity contribution in [2.45, 2.75) is 12.1 Å². The number of nitrogens with two attached hydrogens (primary N) is 1. The summed E-state index contributed by atoms with van der Waals surface area (Å²) in [7, 11) is 0. The Morgan fingerprint density at radius 3 is 2.95 bits per heavy atom. The van der Waals surface area contributed by atoms with Gasteiger partial charge in [-0.3, -0.25) is 9.20 Å². The van der Waals surface area contributed by atoms with Gasteiger partial charge < -0.3 is 5.73 Å². The van der Waals surface area contributed by atoms with Crippen LogP contribution in [-0.4, -0.2) is 26.1 Å². The number of rotatable bonds is 4. The number of fused-ring (bicyclic) bond motifs is 3. The van der Waals surface area contributed by atoms with E-state index in [1.807, 2.05) is 34.7 Å². The lowest BCUT2D eigenvalue weighted by molar-refractivity contribution is -0.112. The number of hydrogen-bond acceptors (Lipinski definition) is 7. The molecule has 0 aliphatic heterocycles. The van der Waals surface area contributed by atoms with Gasteiger partial charge in [-0.25, -0.2) is 0 Å². The van der Waals surface area contributed by atoms with Crippen molar-refractivity contribution in [1.82, 2.24) is 14.6 Å². The number of allylic oxidation sites excluding steroid dienone is 2. The molecular formula is C14H11N5OS2. The molecule has 0 spiro atoms. The van der Waals surface area contributed by atoms with Gasteiger partial charge in [-0.15, -0.1) is 10.2 Å². The minimum atomic E-state index is -0.302. The number of thiazole rings is 1. The van der Waals surface area contributed by atoms with E-state index in [1.165, 1.54) is 11.8 Å². The van der Waals surface area contributed by atoms with Crippen LogP contribution in [0.15, 0.2) is 40.7 Å². The Balaban J connectivity index is 1.91. The molecule has 0 amide bonds. The maximum atomic E-state index is 12.0. The molecule has 2 heterocycles. The van der Waals surface area contributed by atoms with E-state index in [0.717, 1.165) is 15.2 Å². The molecule has 0 atom stereocenters. The molecule has 0 aliphatic rings. The van der Waals surface area contributed by atoms with Gasteiger partial charge in [-0.05, 0) is 19.1 Å². The molecule has 110 valence electrons. The van der Waals surface area contributed by atoms with Crippen molar-refractivity contribution >= 4 is 44.1 Å². The van der Waals surface area contributed by atoms with E-state index < -0.39 is 0 Å². The van der Waals surface area contributed by atoms with Gasteiger partial charge in [0.1, 0.15) is 11.6 Å². The zero-order valence-electron chi connectivity index (χ0n) is 11.6. The molecule has 22 heavy (non-hydrogen) atoms. The summed E-state index contributed by atoms with van der Waals surface area (Å²) in [6, 6.07) is 9.76. The highest BCUT2D eigenvalue weighted by Crippen LogP contribution is 2.29. The van der Waals surface area contributed by atoms with Crippen LogP contribution in [0.1, 0.15) is 6.92 Å². The lowest BCUT2D eigenvalue weighted by Gasteiger charge is -2.00. The Morgan fingerprint density at radius 2 is 2.23 bits per heavy atom. The second-order valence-electron chi connectivity index (χ2n) is 4.55. The first kappa shape index (κ1) is 14.6. The lowest BCUT2D eigenvalue weighted by atomic mass is 10.2. The molecule has 6 nitrogen and oxygen atoms in total. The van der Waals surface area contributed by atoms with Crippen LogP contribution < -0.4 is 5.73 Å². The van der Waals surface area contributed by atoms with Crippen LogP contribution >= 0.6 is 23.1 Å². The number of nitrogens with zero attached hydrogens (tertiary/aromatic N) is 4. The van der Waals surface area contributed by atoms with Gasteiger partial charge in [-0.2, -0.15) is 5.26 Å². The van der Waals surface area contributed by atoms with Crippen molar-refractivity contribution < 1.29 is 4.79 Å². The van der Waals surface area contributed by atoms with Crippen molar-refractivity contribution in [3.63, 3.8) is 0 Å². The third-order valence-corrected chi connectivity index (χ3v) is 4.97. The molecule has 3 rings (SSSR count). The number of nitriles is 1. The highest BCUT2D eigenvalue weighted by atomic mass is 32.2. The molecule has 0 aliphatic carbocycles. The highest BCUT2D eigenvalue weighted by molar-refractivity contribution is 7.99. The van der Waals surface area contributed by atoms with E-state index in [-0.39, 0.29) is 22.8 Å². The molecule has 0 radical (unpaired) electrons. The Kier molecular flexibility index (Phi) is 3.83. The fourth-order valence-electron chi connectivity index (χ4n) is 2.02. The van der Waals surface area contributed by atoms with Crippen molar-refractivity contribution in [1.29, 1.82) is 5.26 Å². The summed E-state index contributed by atoms with van der Waals surface area (Å²) in [5.41, 5.74) is 6.79. The average Bonchev–Trinajstić information content (AvgIpc) is 3.04. The van der Waals surface area contributed by atoms with E-state index >= 15 is 0 Å².